The van der Waals surface area contributed by atoms with Crippen LogP contribution in [0.1, 0.15) is 11.1 Å². The van der Waals surface area contributed by atoms with Gasteiger partial charge in [-0.25, -0.2) is 5.01 Å². The molecule has 24 heavy (non-hydrogen) atoms. The lowest BCUT2D eigenvalue weighted by atomic mass is 10.2. The van der Waals surface area contributed by atoms with Crippen LogP contribution in [0, 0.1) is 6.92 Å². The molecule has 1 amide bonds. The Morgan fingerprint density at radius 3 is 2.42 bits per heavy atom. The third-order valence-electron chi connectivity index (χ3n) is 3.11. The molecule has 2 aromatic rings. The summed E-state index contributed by atoms with van der Waals surface area (Å²) in [4.78, 5) is 12.2. The van der Waals surface area contributed by atoms with Crippen LogP contribution in [0.2, 0.25) is 0 Å². The van der Waals surface area contributed by atoms with E-state index in [1.54, 1.807) is 30.0 Å². The summed E-state index contributed by atoms with van der Waals surface area (Å²) in [6.45, 7) is 2.45. The maximum Gasteiger partial charge on any atom is 0.231 e. The molecule has 0 fully saturated rings. The molecule has 0 heterocycles. The summed E-state index contributed by atoms with van der Waals surface area (Å²) in [7, 11) is 1.77. The average Bonchev–Trinajstić information content (AvgIpc) is 2.61. The highest BCUT2D eigenvalue weighted by atomic mass is 32.2. The van der Waals surface area contributed by atoms with Crippen molar-refractivity contribution in [1.82, 2.24) is 10.0 Å². The maximum atomic E-state index is 11.1. The van der Waals surface area contributed by atoms with Gasteiger partial charge in [0.15, 0.2) is 0 Å². The van der Waals surface area contributed by atoms with Gasteiger partial charge < -0.3 is 0 Å². The molecule has 0 aliphatic heterocycles. The summed E-state index contributed by atoms with van der Waals surface area (Å²) < 4.78 is 0. The molecule has 0 spiro atoms. The van der Waals surface area contributed by atoms with E-state index in [1.807, 2.05) is 35.7 Å². The predicted molar refractivity (Wildman–Crippen MR) is 96.8 cm³/mol. The van der Waals surface area contributed by atoms with E-state index in [2.05, 4.69) is 41.6 Å². The number of rotatable bonds is 8. The van der Waals surface area contributed by atoms with Gasteiger partial charge in [-0.1, -0.05) is 59.8 Å². The van der Waals surface area contributed by atoms with Gasteiger partial charge in [0.2, 0.25) is 6.41 Å². The first kappa shape index (κ1) is 17.7. The molecule has 0 aromatic heterocycles. The number of carbonyl (C=O) groups excluding carboxylic acids is 1. The van der Waals surface area contributed by atoms with Crippen molar-refractivity contribution in [3.05, 3.63) is 77.3 Å². The minimum absolute atomic E-state index is 0.392. The lowest BCUT2D eigenvalue weighted by Gasteiger charge is -2.11. The molecule has 0 unspecified atom stereocenters. The highest BCUT2D eigenvalue weighted by Crippen LogP contribution is 2.19. The van der Waals surface area contributed by atoms with Crippen molar-refractivity contribution in [3.63, 3.8) is 0 Å². The molecule has 6 heteroatoms. The molecule has 0 aliphatic rings. The van der Waals surface area contributed by atoms with Crippen molar-refractivity contribution < 1.29 is 4.79 Å². The second-order valence-electron chi connectivity index (χ2n) is 5.16. The second kappa shape index (κ2) is 9.52. The summed E-state index contributed by atoms with van der Waals surface area (Å²) in [5.74, 6) is 0. The number of carbonyl (C=O) groups is 1. The van der Waals surface area contributed by atoms with E-state index in [1.165, 1.54) is 10.6 Å². The molecule has 2 aromatic carbocycles. The molecule has 2 rings (SSSR count). The quantitative estimate of drug-likeness (QED) is 0.309. The third kappa shape index (κ3) is 6.26. The fourth-order valence-corrected chi connectivity index (χ4v) is 2.51. The van der Waals surface area contributed by atoms with E-state index in [0.29, 0.717) is 13.0 Å². The van der Waals surface area contributed by atoms with Crippen LogP contribution in [-0.4, -0.2) is 23.5 Å². The first-order valence-electron chi connectivity index (χ1n) is 7.47. The monoisotopic (exact) mass is 340 g/mol. The van der Waals surface area contributed by atoms with Crippen LogP contribution in [0.3, 0.4) is 0 Å². The first-order chi connectivity index (χ1) is 11.7. The van der Waals surface area contributed by atoms with Crippen LogP contribution in [0.4, 0.5) is 0 Å². The zero-order valence-electron chi connectivity index (χ0n) is 13.7. The van der Waals surface area contributed by atoms with E-state index in [9.17, 15) is 4.79 Å². The number of amides is 1. The fraction of sp³-hybridized carbons (Fsp3) is 0.167. The Labute approximate surface area is 146 Å². The molecular weight excluding hydrogens is 320 g/mol. The van der Waals surface area contributed by atoms with E-state index in [-0.39, 0.29) is 0 Å². The van der Waals surface area contributed by atoms with Gasteiger partial charge >= 0.3 is 0 Å². The van der Waals surface area contributed by atoms with Gasteiger partial charge in [-0.05, 0) is 40.5 Å². The Kier molecular flexibility index (Phi) is 7.04. The standard InChI is InChI=1S/C18H20N4OS/c1-16-8-10-18(11-9-16)24-13-12-21(2)19-20-22(15-23)14-17-6-4-3-5-7-17/h3-13,15H,14H2,1-2H3/b13-12+,20-19-. The average molecular weight is 340 g/mol. The molecule has 0 atom stereocenters. The SMILES string of the molecule is Cc1ccc(S/C=C/N(C)/N=N\N(C=O)Cc2ccccc2)cc1. The van der Waals surface area contributed by atoms with Crippen molar-refractivity contribution in [3.8, 4) is 0 Å². The van der Waals surface area contributed by atoms with Crippen molar-refractivity contribution in [2.24, 2.45) is 10.4 Å². The summed E-state index contributed by atoms with van der Waals surface area (Å²) in [6.07, 6.45) is 2.45. The summed E-state index contributed by atoms with van der Waals surface area (Å²) >= 11 is 1.59. The van der Waals surface area contributed by atoms with E-state index in [0.717, 1.165) is 10.5 Å². The van der Waals surface area contributed by atoms with Gasteiger partial charge in [-0.2, -0.15) is 0 Å². The molecule has 0 bridgehead atoms. The van der Waals surface area contributed by atoms with E-state index < -0.39 is 0 Å². The molecule has 5 nitrogen and oxygen atoms in total. The number of benzene rings is 2. The number of thioether (sulfide) groups is 1. The van der Waals surface area contributed by atoms with Crippen molar-refractivity contribution in [1.29, 1.82) is 0 Å². The highest BCUT2D eigenvalue weighted by molar-refractivity contribution is 8.02. The van der Waals surface area contributed by atoms with Gasteiger partial charge in [0.05, 0.1) is 6.54 Å². The lowest BCUT2D eigenvalue weighted by Crippen LogP contribution is -2.15. The molecular formula is C18H20N4OS. The molecule has 0 saturated heterocycles. The van der Waals surface area contributed by atoms with Crippen molar-refractivity contribution in [2.45, 2.75) is 18.4 Å². The number of aryl methyl sites for hydroxylation is 1. The van der Waals surface area contributed by atoms with Gasteiger partial charge in [0.1, 0.15) is 0 Å². The number of hydrogen-bond donors (Lipinski definition) is 0. The molecule has 0 radical (unpaired) electrons. The Hall–Kier alpha value is -2.60. The zero-order chi connectivity index (χ0) is 17.2. The highest BCUT2D eigenvalue weighted by Gasteiger charge is 2.01. The van der Waals surface area contributed by atoms with Crippen LogP contribution in [-0.2, 0) is 11.3 Å². The number of nitrogens with zero attached hydrogens (tertiary/aromatic N) is 4. The maximum absolute atomic E-state index is 11.1. The summed E-state index contributed by atoms with van der Waals surface area (Å²) in [5.41, 5.74) is 2.23. The van der Waals surface area contributed by atoms with Crippen molar-refractivity contribution in [2.75, 3.05) is 7.05 Å². The Bertz CT molecular complexity index is 686. The normalized spacial score (nSPS) is 11.1. The Morgan fingerprint density at radius 2 is 1.75 bits per heavy atom. The third-order valence-corrected chi connectivity index (χ3v) is 3.91. The van der Waals surface area contributed by atoms with Crippen LogP contribution in [0.15, 0.2) is 81.5 Å². The summed E-state index contributed by atoms with van der Waals surface area (Å²) in [6, 6.07) is 17.9. The largest absolute Gasteiger partial charge is 0.277 e. The molecule has 0 aliphatic carbocycles. The van der Waals surface area contributed by atoms with Gasteiger partial charge in [-0.15, -0.1) is 0 Å². The van der Waals surface area contributed by atoms with E-state index in [4.69, 9.17) is 0 Å². The summed E-state index contributed by atoms with van der Waals surface area (Å²) in [5, 5.41) is 12.7. The second-order valence-corrected chi connectivity index (χ2v) is 6.14. The molecule has 0 N–H and O–H groups in total. The van der Waals surface area contributed by atoms with Gasteiger partial charge in [0, 0.05) is 18.1 Å². The molecule has 124 valence electrons. The van der Waals surface area contributed by atoms with Crippen LogP contribution < -0.4 is 0 Å². The smallest absolute Gasteiger partial charge is 0.231 e. The zero-order valence-corrected chi connectivity index (χ0v) is 14.6. The van der Waals surface area contributed by atoms with Gasteiger partial charge in [-0.3, -0.25) is 9.80 Å². The first-order valence-corrected chi connectivity index (χ1v) is 8.35. The molecule has 0 saturated carbocycles. The van der Waals surface area contributed by atoms with Gasteiger partial charge in [0.25, 0.3) is 0 Å². The minimum atomic E-state index is 0.392. The lowest BCUT2D eigenvalue weighted by molar-refractivity contribution is -0.119. The van der Waals surface area contributed by atoms with Crippen LogP contribution >= 0.6 is 11.8 Å². The van der Waals surface area contributed by atoms with E-state index >= 15 is 0 Å². The Morgan fingerprint density at radius 1 is 1.04 bits per heavy atom. The predicted octanol–water partition coefficient (Wildman–Crippen LogP) is 4.43. The fourth-order valence-electron chi connectivity index (χ4n) is 1.82. The minimum Gasteiger partial charge on any atom is -0.277 e. The Balaban J connectivity index is 1.84. The number of hydrogen-bond acceptors (Lipinski definition) is 4. The topological polar surface area (TPSA) is 48.3 Å². The van der Waals surface area contributed by atoms with Crippen LogP contribution in [0.25, 0.3) is 0 Å². The van der Waals surface area contributed by atoms with Crippen molar-refractivity contribution >= 4 is 18.2 Å². The van der Waals surface area contributed by atoms with Crippen LogP contribution in [0.5, 0.6) is 0 Å².